The molecule has 154 valence electrons. The molecule has 0 unspecified atom stereocenters. The summed E-state index contributed by atoms with van der Waals surface area (Å²) in [7, 11) is 0. The Labute approximate surface area is 178 Å². The first kappa shape index (κ1) is 20.0. The molecule has 3 aromatic rings. The molecule has 3 aromatic carbocycles. The van der Waals surface area contributed by atoms with Gasteiger partial charge in [-0.15, -0.1) is 0 Å². The van der Waals surface area contributed by atoms with Crippen LogP contribution in [-0.2, 0) is 17.8 Å². The molecule has 4 rings (SSSR count). The Morgan fingerprint density at radius 1 is 0.967 bits per heavy atom. The molecular weight excluding hydrogens is 372 g/mol. The van der Waals surface area contributed by atoms with E-state index in [-0.39, 0.29) is 5.91 Å². The average Bonchev–Trinajstić information content (AvgIpc) is 2.97. The summed E-state index contributed by atoms with van der Waals surface area (Å²) in [5.74, 6) is 0.788. The maximum absolute atomic E-state index is 12.7. The lowest BCUT2D eigenvalue weighted by Crippen LogP contribution is -2.34. The molecule has 0 aliphatic carbocycles. The molecule has 1 amide bonds. The normalized spacial score (nSPS) is 13.3. The molecular formula is C26H28N2O2. The molecule has 0 atom stereocenters. The number of hydrogen-bond acceptors (Lipinski definition) is 3. The van der Waals surface area contributed by atoms with Crippen molar-refractivity contribution in [1.82, 2.24) is 0 Å². The van der Waals surface area contributed by atoms with E-state index in [1.165, 1.54) is 23.2 Å². The van der Waals surface area contributed by atoms with Gasteiger partial charge in [-0.3, -0.25) is 4.79 Å². The molecule has 0 radical (unpaired) electrons. The third-order valence-corrected chi connectivity index (χ3v) is 5.55. The van der Waals surface area contributed by atoms with Crippen LogP contribution in [0.3, 0.4) is 0 Å². The van der Waals surface area contributed by atoms with Crippen molar-refractivity contribution >= 4 is 17.3 Å². The number of amides is 1. The Balaban J connectivity index is 1.35. The number of carbonyl (C=O) groups is 1. The van der Waals surface area contributed by atoms with E-state index in [2.05, 4.69) is 35.3 Å². The SMILES string of the molecule is Cc1cccc2c1CCCCN2CC(=O)Nc1ccc(OCc2ccccc2)cc1. The van der Waals surface area contributed by atoms with Gasteiger partial charge in [-0.05, 0) is 73.2 Å². The van der Waals surface area contributed by atoms with Gasteiger partial charge >= 0.3 is 0 Å². The zero-order valence-corrected chi connectivity index (χ0v) is 17.4. The maximum atomic E-state index is 12.7. The van der Waals surface area contributed by atoms with Crippen molar-refractivity contribution in [2.45, 2.75) is 32.8 Å². The van der Waals surface area contributed by atoms with Crippen molar-refractivity contribution in [2.75, 3.05) is 23.3 Å². The summed E-state index contributed by atoms with van der Waals surface area (Å²) in [6.45, 7) is 3.96. The van der Waals surface area contributed by atoms with Gasteiger partial charge in [-0.1, -0.05) is 42.5 Å². The fourth-order valence-electron chi connectivity index (χ4n) is 3.95. The molecule has 0 fully saturated rings. The first-order chi connectivity index (χ1) is 14.7. The molecule has 0 saturated carbocycles. The predicted molar refractivity (Wildman–Crippen MR) is 122 cm³/mol. The topological polar surface area (TPSA) is 41.6 Å². The second-order valence-electron chi connectivity index (χ2n) is 7.80. The van der Waals surface area contributed by atoms with E-state index in [9.17, 15) is 4.79 Å². The average molecular weight is 401 g/mol. The van der Waals surface area contributed by atoms with Crippen LogP contribution in [0.25, 0.3) is 0 Å². The summed E-state index contributed by atoms with van der Waals surface area (Å²) in [5, 5.41) is 3.02. The molecule has 1 aliphatic heterocycles. The van der Waals surface area contributed by atoms with E-state index in [0.717, 1.165) is 36.4 Å². The number of benzene rings is 3. The number of aryl methyl sites for hydroxylation is 1. The predicted octanol–water partition coefficient (Wildman–Crippen LogP) is 5.36. The Morgan fingerprint density at radius 2 is 1.77 bits per heavy atom. The van der Waals surface area contributed by atoms with Crippen LogP contribution in [0.5, 0.6) is 5.75 Å². The highest BCUT2D eigenvalue weighted by molar-refractivity contribution is 5.94. The molecule has 4 heteroatoms. The number of ether oxygens (including phenoxy) is 1. The van der Waals surface area contributed by atoms with Gasteiger partial charge in [0.2, 0.25) is 5.91 Å². The van der Waals surface area contributed by atoms with Gasteiger partial charge in [0.15, 0.2) is 0 Å². The fourth-order valence-corrected chi connectivity index (χ4v) is 3.95. The lowest BCUT2D eigenvalue weighted by atomic mass is 10.0. The Hall–Kier alpha value is -3.27. The zero-order valence-electron chi connectivity index (χ0n) is 17.4. The van der Waals surface area contributed by atoms with Crippen LogP contribution in [0.2, 0.25) is 0 Å². The second kappa shape index (κ2) is 9.49. The summed E-state index contributed by atoms with van der Waals surface area (Å²) >= 11 is 0. The number of anilines is 2. The summed E-state index contributed by atoms with van der Waals surface area (Å²) in [6, 6.07) is 24.0. The number of hydrogen-bond donors (Lipinski definition) is 1. The summed E-state index contributed by atoms with van der Waals surface area (Å²) in [5.41, 5.74) is 5.80. The van der Waals surface area contributed by atoms with Crippen LogP contribution in [0.1, 0.15) is 29.5 Å². The minimum Gasteiger partial charge on any atom is -0.489 e. The van der Waals surface area contributed by atoms with Crippen LogP contribution in [0.4, 0.5) is 11.4 Å². The molecule has 4 nitrogen and oxygen atoms in total. The number of carbonyl (C=O) groups excluding carboxylic acids is 1. The molecule has 1 heterocycles. The van der Waals surface area contributed by atoms with Gasteiger partial charge in [-0.2, -0.15) is 0 Å². The molecule has 0 saturated heterocycles. The minimum absolute atomic E-state index is 0.00214. The van der Waals surface area contributed by atoms with Gasteiger partial charge in [0.25, 0.3) is 0 Å². The van der Waals surface area contributed by atoms with Crippen molar-refractivity contribution in [1.29, 1.82) is 0 Å². The maximum Gasteiger partial charge on any atom is 0.243 e. The fraction of sp³-hybridized carbons (Fsp3) is 0.269. The Morgan fingerprint density at radius 3 is 2.57 bits per heavy atom. The van der Waals surface area contributed by atoms with Gasteiger partial charge in [0.05, 0.1) is 6.54 Å². The standard InChI is InChI=1S/C26H28N2O2/c1-20-8-7-12-25-24(20)11-5-6-17-28(25)18-26(29)27-22-13-15-23(16-14-22)30-19-21-9-3-2-4-10-21/h2-4,7-10,12-16H,5-6,11,17-19H2,1H3,(H,27,29). The van der Waals surface area contributed by atoms with E-state index in [0.29, 0.717) is 13.2 Å². The van der Waals surface area contributed by atoms with Crippen LogP contribution < -0.4 is 15.0 Å². The third kappa shape index (κ3) is 5.01. The Kier molecular flexibility index (Phi) is 6.33. The molecule has 1 aliphatic rings. The first-order valence-electron chi connectivity index (χ1n) is 10.6. The van der Waals surface area contributed by atoms with Crippen molar-refractivity contribution in [2.24, 2.45) is 0 Å². The smallest absolute Gasteiger partial charge is 0.243 e. The summed E-state index contributed by atoms with van der Waals surface area (Å²) in [6.07, 6.45) is 3.36. The zero-order chi connectivity index (χ0) is 20.8. The number of rotatable bonds is 6. The highest BCUT2D eigenvalue weighted by Gasteiger charge is 2.19. The van der Waals surface area contributed by atoms with E-state index in [1.807, 2.05) is 54.6 Å². The largest absolute Gasteiger partial charge is 0.489 e. The number of nitrogens with zero attached hydrogens (tertiary/aromatic N) is 1. The van der Waals surface area contributed by atoms with Gasteiger partial charge < -0.3 is 15.0 Å². The van der Waals surface area contributed by atoms with E-state index in [4.69, 9.17) is 4.74 Å². The highest BCUT2D eigenvalue weighted by atomic mass is 16.5. The van der Waals surface area contributed by atoms with Crippen LogP contribution in [0, 0.1) is 6.92 Å². The van der Waals surface area contributed by atoms with Crippen LogP contribution >= 0.6 is 0 Å². The summed E-state index contributed by atoms with van der Waals surface area (Å²) in [4.78, 5) is 14.9. The minimum atomic E-state index is 0.00214. The highest BCUT2D eigenvalue weighted by Crippen LogP contribution is 2.28. The number of nitrogens with one attached hydrogen (secondary N) is 1. The lowest BCUT2D eigenvalue weighted by Gasteiger charge is -2.25. The van der Waals surface area contributed by atoms with Gasteiger partial charge in [0, 0.05) is 17.9 Å². The first-order valence-corrected chi connectivity index (χ1v) is 10.6. The van der Waals surface area contributed by atoms with Crippen molar-refractivity contribution in [3.8, 4) is 5.75 Å². The number of fused-ring (bicyclic) bond motifs is 1. The second-order valence-corrected chi connectivity index (χ2v) is 7.80. The van der Waals surface area contributed by atoms with Gasteiger partial charge in [-0.25, -0.2) is 0 Å². The molecule has 0 spiro atoms. The molecule has 0 aromatic heterocycles. The quantitative estimate of drug-likeness (QED) is 0.606. The summed E-state index contributed by atoms with van der Waals surface area (Å²) < 4.78 is 5.82. The van der Waals surface area contributed by atoms with Gasteiger partial charge in [0.1, 0.15) is 12.4 Å². The lowest BCUT2D eigenvalue weighted by molar-refractivity contribution is -0.115. The van der Waals surface area contributed by atoms with Crippen molar-refractivity contribution in [3.63, 3.8) is 0 Å². The van der Waals surface area contributed by atoms with Crippen LogP contribution in [-0.4, -0.2) is 19.0 Å². The monoisotopic (exact) mass is 400 g/mol. The molecule has 30 heavy (non-hydrogen) atoms. The third-order valence-electron chi connectivity index (χ3n) is 5.55. The van der Waals surface area contributed by atoms with Crippen LogP contribution in [0.15, 0.2) is 72.8 Å². The van der Waals surface area contributed by atoms with E-state index in [1.54, 1.807) is 0 Å². The van der Waals surface area contributed by atoms with E-state index >= 15 is 0 Å². The molecule has 1 N–H and O–H groups in total. The van der Waals surface area contributed by atoms with Crippen molar-refractivity contribution in [3.05, 3.63) is 89.5 Å². The van der Waals surface area contributed by atoms with E-state index < -0.39 is 0 Å². The van der Waals surface area contributed by atoms with Crippen molar-refractivity contribution < 1.29 is 9.53 Å². The molecule has 0 bridgehead atoms. The Bertz CT molecular complexity index is 984.